The molecule has 0 radical (unpaired) electrons. The summed E-state index contributed by atoms with van der Waals surface area (Å²) in [5, 5.41) is 9.89. The van der Waals surface area contributed by atoms with E-state index in [4.69, 9.17) is 5.73 Å². The first-order valence-corrected chi connectivity index (χ1v) is 12.0. The number of rotatable bonds is 6. The molecule has 0 bridgehead atoms. The summed E-state index contributed by atoms with van der Waals surface area (Å²) in [4.78, 5) is 22.9. The number of nitrogens with zero attached hydrogens (tertiary/aromatic N) is 5. The molecule has 12 heteroatoms. The van der Waals surface area contributed by atoms with Crippen LogP contribution >= 0.6 is 0 Å². The maximum absolute atomic E-state index is 12.2. The molecule has 0 spiro atoms. The molecule has 0 unspecified atom stereocenters. The molecule has 1 fully saturated rings. The molecule has 4 N–H and O–H groups in total. The molecule has 0 saturated carbocycles. The molecule has 1 saturated heterocycles. The molecule has 170 valence electrons. The molecule has 0 aliphatic carbocycles. The summed E-state index contributed by atoms with van der Waals surface area (Å²) in [5.41, 5.74) is 7.24. The van der Waals surface area contributed by atoms with Gasteiger partial charge >= 0.3 is 6.03 Å². The Bertz CT molecular complexity index is 1040. The fourth-order valence-corrected chi connectivity index (χ4v) is 3.78. The molecule has 3 rings (SSSR count). The van der Waals surface area contributed by atoms with Gasteiger partial charge in [-0.2, -0.15) is 10.1 Å². The van der Waals surface area contributed by atoms with Gasteiger partial charge in [0.05, 0.1) is 11.9 Å². The SMILES string of the molecule is Cn1cc(CNC(=O)NC2CCN(c3nc(N)cc(C(C)(C)S(C)(=O)=O)n3)CC2)cn1. The van der Waals surface area contributed by atoms with E-state index in [9.17, 15) is 13.2 Å². The lowest BCUT2D eigenvalue weighted by atomic mass is 10.1. The van der Waals surface area contributed by atoms with Gasteiger partial charge in [0.25, 0.3) is 0 Å². The monoisotopic (exact) mass is 450 g/mol. The van der Waals surface area contributed by atoms with Gasteiger partial charge in [-0.15, -0.1) is 0 Å². The third-order valence-electron chi connectivity index (χ3n) is 5.60. The molecule has 2 aromatic rings. The van der Waals surface area contributed by atoms with Gasteiger partial charge in [0.1, 0.15) is 10.6 Å². The van der Waals surface area contributed by atoms with Crippen molar-refractivity contribution in [2.75, 3.05) is 30.0 Å². The van der Waals surface area contributed by atoms with Crippen LogP contribution in [0, 0.1) is 0 Å². The average molecular weight is 451 g/mol. The lowest BCUT2D eigenvalue weighted by molar-refractivity contribution is 0.234. The summed E-state index contributed by atoms with van der Waals surface area (Å²) in [6, 6.07) is 1.31. The first-order valence-electron chi connectivity index (χ1n) is 10.1. The number of aromatic nitrogens is 4. The molecule has 2 aromatic heterocycles. The van der Waals surface area contributed by atoms with Gasteiger partial charge in [-0.05, 0) is 26.7 Å². The molecule has 0 aromatic carbocycles. The largest absolute Gasteiger partial charge is 0.384 e. The van der Waals surface area contributed by atoms with Gasteiger partial charge in [-0.1, -0.05) is 0 Å². The third-order valence-corrected chi connectivity index (χ3v) is 7.67. The molecule has 1 aliphatic heterocycles. The number of urea groups is 1. The summed E-state index contributed by atoms with van der Waals surface area (Å²) in [6.07, 6.45) is 6.17. The van der Waals surface area contributed by atoms with Gasteiger partial charge in [0.15, 0.2) is 9.84 Å². The summed E-state index contributed by atoms with van der Waals surface area (Å²) < 4.78 is 24.9. The van der Waals surface area contributed by atoms with Crippen molar-refractivity contribution in [3.63, 3.8) is 0 Å². The standard InChI is InChI=1S/C19H30N8O3S/c1-19(2,31(4,29)30)15-9-16(20)25-17(24-15)27-7-5-14(6-8-27)23-18(28)21-10-13-11-22-26(3)12-13/h9,11-12,14H,5-8,10H2,1-4H3,(H2,20,24,25)(H2,21,23,28). The third kappa shape index (κ3) is 5.43. The number of carbonyl (C=O) groups is 1. The van der Waals surface area contributed by atoms with E-state index in [-0.39, 0.29) is 17.9 Å². The Morgan fingerprint density at radius 3 is 2.55 bits per heavy atom. The number of anilines is 2. The van der Waals surface area contributed by atoms with E-state index in [0.717, 1.165) is 5.56 Å². The Kier molecular flexibility index (Phi) is 6.39. The smallest absolute Gasteiger partial charge is 0.315 e. The molecule has 11 nitrogen and oxygen atoms in total. The van der Waals surface area contributed by atoms with E-state index in [2.05, 4.69) is 25.7 Å². The zero-order chi connectivity index (χ0) is 22.8. The molecule has 3 heterocycles. The van der Waals surface area contributed by atoms with Gasteiger partial charge in [-0.25, -0.2) is 18.2 Å². The highest BCUT2D eigenvalue weighted by Gasteiger charge is 2.35. The second-order valence-corrected chi connectivity index (χ2v) is 10.9. The Labute approximate surface area is 182 Å². The van der Waals surface area contributed by atoms with Crippen molar-refractivity contribution < 1.29 is 13.2 Å². The zero-order valence-electron chi connectivity index (χ0n) is 18.3. The highest BCUT2D eigenvalue weighted by Crippen LogP contribution is 2.30. The Hall–Kier alpha value is -2.89. The number of piperidine rings is 1. The molecule has 2 amide bonds. The van der Waals surface area contributed by atoms with Crippen LogP contribution in [0.25, 0.3) is 0 Å². The van der Waals surface area contributed by atoms with E-state index in [1.807, 2.05) is 18.1 Å². The van der Waals surface area contributed by atoms with Crippen LogP contribution in [0.5, 0.6) is 0 Å². The van der Waals surface area contributed by atoms with Crippen molar-refractivity contribution in [3.05, 3.63) is 29.7 Å². The molecule has 31 heavy (non-hydrogen) atoms. The Balaban J connectivity index is 1.57. The fourth-order valence-electron chi connectivity index (χ4n) is 3.30. The van der Waals surface area contributed by atoms with Crippen molar-refractivity contribution in [2.45, 2.75) is 44.0 Å². The highest BCUT2D eigenvalue weighted by molar-refractivity contribution is 7.91. The summed E-state index contributed by atoms with van der Waals surface area (Å²) >= 11 is 0. The van der Waals surface area contributed by atoms with Crippen LogP contribution in [-0.4, -0.2) is 59.6 Å². The topological polar surface area (TPSA) is 148 Å². The van der Waals surface area contributed by atoms with Crippen molar-refractivity contribution in [1.29, 1.82) is 0 Å². The first kappa shape index (κ1) is 22.8. The van der Waals surface area contributed by atoms with Gasteiger partial charge < -0.3 is 21.3 Å². The van der Waals surface area contributed by atoms with Crippen LogP contribution < -0.4 is 21.3 Å². The van der Waals surface area contributed by atoms with Gasteiger partial charge in [0.2, 0.25) is 5.95 Å². The number of amides is 2. The highest BCUT2D eigenvalue weighted by atomic mass is 32.2. The number of nitrogens with two attached hydrogens (primary N) is 1. The number of hydrogen-bond donors (Lipinski definition) is 3. The summed E-state index contributed by atoms with van der Waals surface area (Å²) in [6.45, 7) is 4.86. The normalized spacial score (nSPS) is 15.7. The van der Waals surface area contributed by atoms with Crippen LogP contribution in [0.15, 0.2) is 18.5 Å². The number of nitrogens with one attached hydrogen (secondary N) is 2. The summed E-state index contributed by atoms with van der Waals surface area (Å²) in [5.74, 6) is 0.637. The van der Waals surface area contributed by atoms with E-state index >= 15 is 0 Å². The average Bonchev–Trinajstić information content (AvgIpc) is 3.11. The zero-order valence-corrected chi connectivity index (χ0v) is 19.1. The predicted molar refractivity (Wildman–Crippen MR) is 118 cm³/mol. The van der Waals surface area contributed by atoms with Crippen molar-refractivity contribution >= 4 is 27.6 Å². The fraction of sp³-hybridized carbons (Fsp3) is 0.579. The second kappa shape index (κ2) is 8.69. The number of hydrogen-bond acceptors (Lipinski definition) is 8. The van der Waals surface area contributed by atoms with Crippen LogP contribution in [0.2, 0.25) is 0 Å². The van der Waals surface area contributed by atoms with Gasteiger partial charge in [-0.3, -0.25) is 4.68 Å². The molecule has 0 atom stereocenters. The molecule has 1 aliphatic rings. The van der Waals surface area contributed by atoms with Crippen LogP contribution in [0.3, 0.4) is 0 Å². The molecular formula is C19H30N8O3S. The first-order chi connectivity index (χ1) is 14.5. The van der Waals surface area contributed by atoms with Crippen molar-refractivity contribution in [3.8, 4) is 0 Å². The second-order valence-electron chi connectivity index (χ2n) is 8.37. The number of nitrogen functional groups attached to an aromatic ring is 1. The van der Waals surface area contributed by atoms with E-state index in [1.54, 1.807) is 24.7 Å². The van der Waals surface area contributed by atoms with E-state index in [1.165, 1.54) is 12.3 Å². The minimum Gasteiger partial charge on any atom is -0.384 e. The minimum absolute atomic E-state index is 0.0261. The van der Waals surface area contributed by atoms with Crippen LogP contribution in [0.1, 0.15) is 37.9 Å². The van der Waals surface area contributed by atoms with Crippen molar-refractivity contribution in [1.82, 2.24) is 30.4 Å². The maximum Gasteiger partial charge on any atom is 0.315 e. The van der Waals surface area contributed by atoms with Gasteiger partial charge in [0, 0.05) is 56.8 Å². The van der Waals surface area contributed by atoms with E-state index < -0.39 is 14.6 Å². The Morgan fingerprint density at radius 1 is 1.29 bits per heavy atom. The quantitative estimate of drug-likeness (QED) is 0.577. The van der Waals surface area contributed by atoms with Crippen LogP contribution in [0.4, 0.5) is 16.6 Å². The number of aryl methyl sites for hydroxylation is 1. The lowest BCUT2D eigenvalue weighted by Gasteiger charge is -2.33. The summed E-state index contributed by atoms with van der Waals surface area (Å²) in [7, 11) is -1.56. The van der Waals surface area contributed by atoms with E-state index in [0.29, 0.717) is 44.1 Å². The maximum atomic E-state index is 12.2. The minimum atomic E-state index is -3.39. The predicted octanol–water partition coefficient (Wildman–Crippen LogP) is 0.540. The number of carbonyl (C=O) groups excluding carboxylic acids is 1. The number of sulfone groups is 1. The van der Waals surface area contributed by atoms with Crippen molar-refractivity contribution in [2.24, 2.45) is 7.05 Å². The lowest BCUT2D eigenvalue weighted by Crippen LogP contribution is -2.48. The Morgan fingerprint density at radius 2 is 1.97 bits per heavy atom. The van der Waals surface area contributed by atoms with Crippen LogP contribution in [-0.2, 0) is 28.2 Å². The molecular weight excluding hydrogens is 420 g/mol.